The third-order valence-electron chi connectivity index (χ3n) is 11.8. The lowest BCUT2D eigenvalue weighted by atomic mass is 10.0. The zero-order valence-electron chi connectivity index (χ0n) is 38.8. The molecule has 0 aliphatic carbocycles. The van der Waals surface area contributed by atoms with Gasteiger partial charge < -0.3 is 20.3 Å². The van der Waals surface area contributed by atoms with Crippen molar-refractivity contribution in [2.45, 2.75) is 283 Å². The molecule has 0 spiro atoms. The Kier molecular flexibility index (Phi) is 46.6. The van der Waals surface area contributed by atoms with Gasteiger partial charge in [-0.2, -0.15) is 0 Å². The normalized spacial score (nSPS) is 12.8. The number of hydrogen-bond acceptors (Lipinski definition) is 5. The third-order valence-corrected chi connectivity index (χ3v) is 11.8. The summed E-state index contributed by atoms with van der Waals surface area (Å²) in [6, 6.07) is -0.545. The predicted molar refractivity (Wildman–Crippen MR) is 250 cm³/mol. The Morgan fingerprint density at radius 3 is 1.36 bits per heavy atom. The third kappa shape index (κ3) is 43.9. The molecular weight excluding hydrogens is 719 g/mol. The van der Waals surface area contributed by atoms with Crippen molar-refractivity contribution in [1.82, 2.24) is 5.32 Å². The van der Waals surface area contributed by atoms with Crippen molar-refractivity contribution in [3.8, 4) is 0 Å². The Balaban J connectivity index is 3.42. The highest BCUT2D eigenvalue weighted by Crippen LogP contribution is 2.16. The summed E-state index contributed by atoms with van der Waals surface area (Å²) in [6.07, 6.45) is 55.7. The van der Waals surface area contributed by atoms with E-state index in [-0.39, 0.29) is 18.5 Å². The Labute approximate surface area is 361 Å². The molecule has 0 fully saturated rings. The van der Waals surface area contributed by atoms with Gasteiger partial charge in [0.2, 0.25) is 5.91 Å². The fraction of sp³-hybridized carbons (Fsp3) is 0.885. The van der Waals surface area contributed by atoms with E-state index in [1.807, 2.05) is 0 Å². The monoisotopic (exact) mass is 818 g/mol. The molecule has 3 N–H and O–H groups in total. The van der Waals surface area contributed by atoms with Crippen molar-refractivity contribution in [2.24, 2.45) is 0 Å². The van der Waals surface area contributed by atoms with Crippen molar-refractivity contribution in [3.63, 3.8) is 0 Å². The Morgan fingerprint density at radius 2 is 0.879 bits per heavy atom. The van der Waals surface area contributed by atoms with E-state index in [0.29, 0.717) is 25.9 Å². The van der Waals surface area contributed by atoms with E-state index in [9.17, 15) is 19.8 Å². The number of esters is 1. The molecule has 0 rings (SSSR count). The molecule has 0 aromatic rings. The molecule has 6 nitrogen and oxygen atoms in total. The fourth-order valence-corrected chi connectivity index (χ4v) is 7.77. The Hall–Kier alpha value is -1.66. The Morgan fingerprint density at radius 1 is 0.483 bits per heavy atom. The standard InChI is InChI=1S/C52H99NO5/c1-3-5-7-9-11-13-15-16-22-26-30-34-38-42-46-52(57)58-47-43-39-35-31-27-23-20-18-17-19-21-25-29-33-37-41-45-51(56)53-49(48-54)50(55)44-40-36-32-28-24-14-12-10-8-6-4-2/h9,11,15-16,49-50,54-55H,3-8,10,12-14,17-48H2,1-2H3,(H,53,56)/b11-9-,16-15-. The lowest BCUT2D eigenvalue weighted by Crippen LogP contribution is -2.45. The molecule has 0 radical (unpaired) electrons. The highest BCUT2D eigenvalue weighted by atomic mass is 16.5. The molecular formula is C52H99NO5. The molecule has 0 bridgehead atoms. The van der Waals surface area contributed by atoms with Crippen LogP contribution in [-0.4, -0.2) is 47.4 Å². The SMILES string of the molecule is CCCC/C=C\C/C=C\CCCCCCCC(=O)OCCCCCCCCCCCCCCCCCCC(=O)NC(CO)C(O)CCCCCCCCCCCCC. The number of amides is 1. The van der Waals surface area contributed by atoms with E-state index in [2.05, 4.69) is 43.5 Å². The van der Waals surface area contributed by atoms with Gasteiger partial charge in [0.25, 0.3) is 0 Å². The molecule has 6 heteroatoms. The molecule has 58 heavy (non-hydrogen) atoms. The van der Waals surface area contributed by atoms with Crippen LogP contribution in [0.2, 0.25) is 0 Å². The first-order valence-corrected chi connectivity index (χ1v) is 25.6. The van der Waals surface area contributed by atoms with Crippen LogP contribution in [0.15, 0.2) is 24.3 Å². The molecule has 0 saturated carbocycles. The number of carbonyl (C=O) groups is 2. The predicted octanol–water partition coefficient (Wildman–Crippen LogP) is 15.1. The van der Waals surface area contributed by atoms with Crippen LogP contribution >= 0.6 is 0 Å². The number of aliphatic hydroxyl groups excluding tert-OH is 2. The number of carbonyl (C=O) groups excluding carboxylic acids is 2. The number of allylic oxidation sites excluding steroid dienone is 4. The van der Waals surface area contributed by atoms with Crippen LogP contribution in [0.5, 0.6) is 0 Å². The Bertz CT molecular complexity index is 904. The second kappa shape index (κ2) is 48.0. The summed E-state index contributed by atoms with van der Waals surface area (Å²) >= 11 is 0. The van der Waals surface area contributed by atoms with Gasteiger partial charge in [-0.15, -0.1) is 0 Å². The molecule has 0 aromatic heterocycles. The van der Waals surface area contributed by atoms with Gasteiger partial charge in [0, 0.05) is 12.8 Å². The molecule has 0 saturated heterocycles. The van der Waals surface area contributed by atoms with Crippen molar-refractivity contribution in [1.29, 1.82) is 0 Å². The quantitative estimate of drug-likeness (QED) is 0.0323. The topological polar surface area (TPSA) is 95.9 Å². The van der Waals surface area contributed by atoms with Crippen LogP contribution in [0.25, 0.3) is 0 Å². The fourth-order valence-electron chi connectivity index (χ4n) is 7.77. The molecule has 0 aromatic carbocycles. The summed E-state index contributed by atoms with van der Waals surface area (Å²) in [4.78, 5) is 24.4. The molecule has 2 atom stereocenters. The van der Waals surface area contributed by atoms with Crippen molar-refractivity contribution in [3.05, 3.63) is 24.3 Å². The first-order valence-electron chi connectivity index (χ1n) is 25.6. The van der Waals surface area contributed by atoms with Crippen LogP contribution < -0.4 is 5.32 Å². The number of unbranched alkanes of at least 4 members (excludes halogenated alkanes) is 32. The van der Waals surface area contributed by atoms with Crippen molar-refractivity contribution in [2.75, 3.05) is 13.2 Å². The van der Waals surface area contributed by atoms with Gasteiger partial charge in [-0.1, -0.05) is 231 Å². The summed E-state index contributed by atoms with van der Waals surface area (Å²) in [5, 5.41) is 23.1. The first-order chi connectivity index (χ1) is 28.5. The van der Waals surface area contributed by atoms with E-state index in [0.717, 1.165) is 57.8 Å². The minimum atomic E-state index is -0.667. The maximum atomic E-state index is 12.4. The van der Waals surface area contributed by atoms with Gasteiger partial charge in [-0.3, -0.25) is 9.59 Å². The molecule has 2 unspecified atom stereocenters. The second-order valence-corrected chi connectivity index (χ2v) is 17.5. The van der Waals surface area contributed by atoms with Gasteiger partial charge in [-0.25, -0.2) is 0 Å². The van der Waals surface area contributed by atoms with Gasteiger partial charge in [0.15, 0.2) is 0 Å². The lowest BCUT2D eigenvalue weighted by Gasteiger charge is -2.22. The average Bonchev–Trinajstić information content (AvgIpc) is 3.22. The smallest absolute Gasteiger partial charge is 0.305 e. The van der Waals surface area contributed by atoms with Crippen LogP contribution in [0.4, 0.5) is 0 Å². The zero-order valence-corrected chi connectivity index (χ0v) is 38.8. The average molecular weight is 818 g/mol. The van der Waals surface area contributed by atoms with Crippen LogP contribution in [0.1, 0.15) is 271 Å². The molecule has 0 heterocycles. The van der Waals surface area contributed by atoms with Gasteiger partial charge in [0.05, 0.1) is 25.4 Å². The summed E-state index contributed by atoms with van der Waals surface area (Å²) in [5.74, 6) is -0.0553. The first kappa shape index (κ1) is 56.3. The summed E-state index contributed by atoms with van der Waals surface area (Å²) < 4.78 is 5.45. The van der Waals surface area contributed by atoms with Crippen LogP contribution in [0.3, 0.4) is 0 Å². The van der Waals surface area contributed by atoms with Gasteiger partial charge in [-0.05, 0) is 51.4 Å². The summed E-state index contributed by atoms with van der Waals surface area (Å²) in [6.45, 7) is 4.88. The van der Waals surface area contributed by atoms with E-state index in [1.54, 1.807) is 0 Å². The second-order valence-electron chi connectivity index (χ2n) is 17.5. The number of aliphatic hydroxyl groups is 2. The van der Waals surface area contributed by atoms with Crippen molar-refractivity contribution >= 4 is 11.9 Å². The van der Waals surface area contributed by atoms with E-state index in [4.69, 9.17) is 4.74 Å². The highest BCUT2D eigenvalue weighted by Gasteiger charge is 2.20. The molecule has 342 valence electrons. The molecule has 1 amide bonds. The number of hydrogen-bond donors (Lipinski definition) is 3. The highest BCUT2D eigenvalue weighted by molar-refractivity contribution is 5.76. The maximum Gasteiger partial charge on any atom is 0.305 e. The minimum absolute atomic E-state index is 0.0118. The molecule has 0 aliphatic heterocycles. The summed E-state index contributed by atoms with van der Waals surface area (Å²) in [5.41, 5.74) is 0. The molecule has 0 aliphatic rings. The zero-order chi connectivity index (χ0) is 42.3. The van der Waals surface area contributed by atoms with E-state index >= 15 is 0 Å². The van der Waals surface area contributed by atoms with E-state index < -0.39 is 12.1 Å². The number of rotatable bonds is 47. The van der Waals surface area contributed by atoms with Crippen LogP contribution in [-0.2, 0) is 14.3 Å². The van der Waals surface area contributed by atoms with Gasteiger partial charge in [0.1, 0.15) is 0 Å². The van der Waals surface area contributed by atoms with Crippen LogP contribution in [0, 0.1) is 0 Å². The summed E-state index contributed by atoms with van der Waals surface area (Å²) in [7, 11) is 0. The number of nitrogens with one attached hydrogen (secondary N) is 1. The number of ether oxygens (including phenoxy) is 1. The maximum absolute atomic E-state index is 12.4. The largest absolute Gasteiger partial charge is 0.466 e. The lowest BCUT2D eigenvalue weighted by molar-refractivity contribution is -0.143. The van der Waals surface area contributed by atoms with E-state index in [1.165, 1.54) is 180 Å². The van der Waals surface area contributed by atoms with Gasteiger partial charge >= 0.3 is 5.97 Å². The van der Waals surface area contributed by atoms with Crippen molar-refractivity contribution < 1.29 is 24.5 Å². The minimum Gasteiger partial charge on any atom is -0.466 e.